The second-order valence-corrected chi connectivity index (χ2v) is 6.43. The van der Waals surface area contributed by atoms with Crippen LogP contribution in [0.1, 0.15) is 18.2 Å². The summed E-state index contributed by atoms with van der Waals surface area (Å²) in [6, 6.07) is 11.6. The first-order valence-electron chi connectivity index (χ1n) is 8.79. The molecule has 0 saturated heterocycles. The molecule has 27 heavy (non-hydrogen) atoms. The molecule has 5 rings (SSSR count). The van der Waals surface area contributed by atoms with Gasteiger partial charge in [-0.3, -0.25) is 9.88 Å². The third-order valence-corrected chi connectivity index (χ3v) is 4.70. The number of fused-ring (bicyclic) bond motifs is 4. The predicted molar refractivity (Wildman–Crippen MR) is 102 cm³/mol. The molecule has 0 aliphatic carbocycles. The van der Waals surface area contributed by atoms with Crippen molar-refractivity contribution in [3.63, 3.8) is 0 Å². The molecular formula is C19H19N5O3. The number of rotatable bonds is 2. The minimum Gasteiger partial charge on any atom is -0.497 e. The van der Waals surface area contributed by atoms with Crippen molar-refractivity contribution in [3.8, 4) is 17.2 Å². The predicted octanol–water partition coefficient (Wildman–Crippen LogP) is 2.49. The number of ether oxygens (including phenoxy) is 3. The van der Waals surface area contributed by atoms with Crippen molar-refractivity contribution < 1.29 is 14.2 Å². The second kappa shape index (κ2) is 6.08. The molecule has 1 atom stereocenters. The molecule has 8 nitrogen and oxygen atoms in total. The summed E-state index contributed by atoms with van der Waals surface area (Å²) in [6.07, 6.45) is 0.498. The summed E-state index contributed by atoms with van der Waals surface area (Å²) in [5, 5.41) is 3.05. The normalized spacial score (nSPS) is 18.3. The van der Waals surface area contributed by atoms with Gasteiger partial charge in [-0.15, -0.1) is 0 Å². The summed E-state index contributed by atoms with van der Waals surface area (Å²) in [4.78, 5) is 9.29. The molecule has 0 spiro atoms. The highest BCUT2D eigenvalue weighted by atomic mass is 16.5. The molecule has 0 saturated carbocycles. The third-order valence-electron chi connectivity index (χ3n) is 4.70. The molecule has 0 amide bonds. The van der Waals surface area contributed by atoms with Crippen molar-refractivity contribution in [2.75, 3.05) is 25.6 Å². The van der Waals surface area contributed by atoms with E-state index in [1.165, 1.54) is 0 Å². The lowest BCUT2D eigenvalue weighted by Gasteiger charge is -2.24. The zero-order valence-corrected chi connectivity index (χ0v) is 14.8. The van der Waals surface area contributed by atoms with Crippen LogP contribution < -0.4 is 25.3 Å². The summed E-state index contributed by atoms with van der Waals surface area (Å²) in [6.45, 7) is 1.26. The smallest absolute Gasteiger partial charge is 0.212 e. The van der Waals surface area contributed by atoms with Crippen LogP contribution in [0.4, 0.5) is 5.95 Å². The van der Waals surface area contributed by atoms with Crippen molar-refractivity contribution in [1.82, 2.24) is 9.55 Å². The number of nitrogens with two attached hydrogens (primary N) is 1. The van der Waals surface area contributed by atoms with Crippen LogP contribution in [-0.2, 0) is 0 Å². The first-order chi connectivity index (χ1) is 13.2. The SMILES string of the molecule is COc1cccc([C@H]2N=C(N)Nc3nc4cc5c(cc4n32)OCCCO5)c1. The Morgan fingerprint density at radius 2 is 2.00 bits per heavy atom. The van der Waals surface area contributed by atoms with Crippen molar-refractivity contribution in [3.05, 3.63) is 42.0 Å². The van der Waals surface area contributed by atoms with Gasteiger partial charge in [-0.25, -0.2) is 9.98 Å². The lowest BCUT2D eigenvalue weighted by molar-refractivity contribution is 0.297. The van der Waals surface area contributed by atoms with Gasteiger partial charge in [-0.2, -0.15) is 0 Å². The van der Waals surface area contributed by atoms with Crippen LogP contribution in [0.5, 0.6) is 17.2 Å². The Bertz CT molecular complexity index is 1060. The molecule has 3 aromatic rings. The van der Waals surface area contributed by atoms with Crippen LogP contribution in [0.3, 0.4) is 0 Å². The van der Waals surface area contributed by atoms with Gasteiger partial charge in [0.15, 0.2) is 23.6 Å². The van der Waals surface area contributed by atoms with E-state index in [0.29, 0.717) is 30.9 Å². The van der Waals surface area contributed by atoms with E-state index in [4.69, 9.17) is 19.9 Å². The lowest BCUT2D eigenvalue weighted by atomic mass is 10.1. The van der Waals surface area contributed by atoms with Gasteiger partial charge in [-0.1, -0.05) is 12.1 Å². The molecule has 138 valence electrons. The van der Waals surface area contributed by atoms with Gasteiger partial charge in [0.1, 0.15) is 5.75 Å². The standard InChI is InChI=1S/C19H19N5O3/c1-25-12-5-2-4-11(8-12)17-22-18(20)23-19-21-13-9-15-16(10-14(13)24(17)19)27-7-3-6-26-15/h2,4-5,8-10,17H,3,6-7H2,1H3,(H3,20,21,22,23)/t17-/m0/s1. The average Bonchev–Trinajstić information content (AvgIpc) is 2.87. The molecular weight excluding hydrogens is 346 g/mol. The maximum Gasteiger partial charge on any atom is 0.212 e. The number of imidazole rings is 1. The summed E-state index contributed by atoms with van der Waals surface area (Å²) >= 11 is 0. The van der Waals surface area contributed by atoms with Crippen LogP contribution in [0.15, 0.2) is 41.4 Å². The first-order valence-corrected chi connectivity index (χ1v) is 8.79. The van der Waals surface area contributed by atoms with Crippen LogP contribution in [0.2, 0.25) is 0 Å². The van der Waals surface area contributed by atoms with Gasteiger partial charge >= 0.3 is 0 Å². The van der Waals surface area contributed by atoms with E-state index in [1.807, 2.05) is 41.0 Å². The molecule has 2 aliphatic rings. The number of hydrogen-bond donors (Lipinski definition) is 2. The van der Waals surface area contributed by atoms with Gasteiger partial charge in [0, 0.05) is 24.1 Å². The van der Waals surface area contributed by atoms with E-state index in [1.54, 1.807) is 7.11 Å². The number of hydrogen-bond acceptors (Lipinski definition) is 7. The van der Waals surface area contributed by atoms with Gasteiger partial charge in [0.25, 0.3) is 0 Å². The number of benzene rings is 2. The summed E-state index contributed by atoms with van der Waals surface area (Å²) in [5.41, 5.74) is 8.65. The van der Waals surface area contributed by atoms with Gasteiger partial charge in [0.2, 0.25) is 5.95 Å². The molecule has 3 heterocycles. The molecule has 0 unspecified atom stereocenters. The van der Waals surface area contributed by atoms with E-state index >= 15 is 0 Å². The highest BCUT2D eigenvalue weighted by Gasteiger charge is 2.27. The largest absolute Gasteiger partial charge is 0.497 e. The minimum absolute atomic E-state index is 0.319. The number of aliphatic imine (C=N–C) groups is 1. The first kappa shape index (κ1) is 15.8. The number of nitrogens with one attached hydrogen (secondary N) is 1. The quantitative estimate of drug-likeness (QED) is 0.724. The topological polar surface area (TPSA) is 95.9 Å². The van der Waals surface area contributed by atoms with E-state index in [0.717, 1.165) is 34.5 Å². The molecule has 2 aliphatic heterocycles. The maximum absolute atomic E-state index is 6.02. The Balaban J connectivity index is 1.70. The number of aromatic nitrogens is 2. The van der Waals surface area contributed by atoms with Gasteiger partial charge in [0.05, 0.1) is 31.4 Å². The van der Waals surface area contributed by atoms with Crippen LogP contribution in [-0.4, -0.2) is 35.8 Å². The van der Waals surface area contributed by atoms with Crippen molar-refractivity contribution in [2.24, 2.45) is 10.7 Å². The zero-order valence-electron chi connectivity index (χ0n) is 14.8. The van der Waals surface area contributed by atoms with Crippen molar-refractivity contribution in [1.29, 1.82) is 0 Å². The lowest BCUT2D eigenvalue weighted by Crippen LogP contribution is -2.31. The second-order valence-electron chi connectivity index (χ2n) is 6.43. The number of nitrogens with zero attached hydrogens (tertiary/aromatic N) is 3. The van der Waals surface area contributed by atoms with Gasteiger partial charge in [-0.05, 0) is 12.1 Å². The Hall–Kier alpha value is -3.42. The fraction of sp³-hybridized carbons (Fsp3) is 0.263. The van der Waals surface area contributed by atoms with Gasteiger partial charge < -0.3 is 19.9 Å². The van der Waals surface area contributed by atoms with E-state index in [2.05, 4.69) is 15.3 Å². The fourth-order valence-corrected chi connectivity index (χ4v) is 3.45. The monoisotopic (exact) mass is 365 g/mol. The third kappa shape index (κ3) is 2.61. The fourth-order valence-electron chi connectivity index (χ4n) is 3.45. The molecule has 0 fully saturated rings. The molecule has 1 aromatic heterocycles. The molecule has 8 heteroatoms. The Labute approximate surface area is 155 Å². The average molecular weight is 365 g/mol. The number of guanidine groups is 1. The maximum atomic E-state index is 6.02. The van der Waals surface area contributed by atoms with Crippen LogP contribution in [0.25, 0.3) is 11.0 Å². The Morgan fingerprint density at radius 1 is 1.19 bits per heavy atom. The molecule has 0 radical (unpaired) electrons. The van der Waals surface area contributed by atoms with E-state index < -0.39 is 0 Å². The molecule has 0 bridgehead atoms. The zero-order chi connectivity index (χ0) is 18.4. The summed E-state index contributed by atoms with van der Waals surface area (Å²) < 4.78 is 19.0. The highest BCUT2D eigenvalue weighted by molar-refractivity contribution is 5.95. The molecule has 3 N–H and O–H groups in total. The minimum atomic E-state index is -0.355. The van der Waals surface area contributed by atoms with Crippen molar-refractivity contribution in [2.45, 2.75) is 12.6 Å². The Kier molecular flexibility index (Phi) is 3.56. The van der Waals surface area contributed by atoms with E-state index in [9.17, 15) is 0 Å². The highest BCUT2D eigenvalue weighted by Crippen LogP contribution is 2.39. The summed E-state index contributed by atoms with van der Waals surface area (Å²) in [7, 11) is 1.64. The van der Waals surface area contributed by atoms with Crippen molar-refractivity contribution >= 4 is 22.9 Å². The molecule has 2 aromatic carbocycles. The van der Waals surface area contributed by atoms with E-state index in [-0.39, 0.29) is 6.17 Å². The number of anilines is 1. The number of methoxy groups -OCH3 is 1. The summed E-state index contributed by atoms with van der Waals surface area (Å²) in [5.74, 6) is 3.14. The van der Waals surface area contributed by atoms with Crippen LogP contribution in [0, 0.1) is 0 Å². The van der Waals surface area contributed by atoms with Crippen LogP contribution >= 0.6 is 0 Å². The Morgan fingerprint density at radius 3 is 2.81 bits per heavy atom.